The van der Waals surface area contributed by atoms with Crippen LogP contribution in [0.25, 0.3) is 0 Å². The highest BCUT2D eigenvalue weighted by molar-refractivity contribution is 5.66. The Labute approximate surface area is 94.5 Å². The second-order valence-corrected chi connectivity index (χ2v) is 3.64. The molecule has 16 heavy (non-hydrogen) atoms. The molecule has 0 fully saturated rings. The van der Waals surface area contributed by atoms with Crippen LogP contribution in [0, 0.1) is 6.92 Å². The minimum absolute atomic E-state index is 0.649. The zero-order chi connectivity index (χ0) is 11.4. The van der Waals surface area contributed by atoms with E-state index >= 15 is 0 Å². The lowest BCUT2D eigenvalue weighted by molar-refractivity contribution is 1.01. The Hall–Kier alpha value is -2.10. The zero-order valence-corrected chi connectivity index (χ0v) is 9.14. The lowest BCUT2D eigenvalue weighted by atomic mass is 10.2. The number of aryl methyl sites for hydroxylation is 1. The molecule has 3 N–H and O–H groups in total. The Kier molecular flexibility index (Phi) is 3.00. The summed E-state index contributed by atoms with van der Waals surface area (Å²) in [4.78, 5) is 8.00. The Bertz CT molecular complexity index is 468. The van der Waals surface area contributed by atoms with Gasteiger partial charge in [-0.3, -0.25) is 0 Å². The van der Waals surface area contributed by atoms with Crippen molar-refractivity contribution in [1.82, 2.24) is 9.97 Å². The van der Waals surface area contributed by atoms with Gasteiger partial charge in [0.1, 0.15) is 6.33 Å². The topological polar surface area (TPSA) is 63.8 Å². The molecule has 82 valence electrons. The molecule has 1 aromatic heterocycles. The highest BCUT2D eigenvalue weighted by Crippen LogP contribution is 2.19. The first-order valence-electron chi connectivity index (χ1n) is 5.10. The summed E-state index contributed by atoms with van der Waals surface area (Å²) in [6.45, 7) is 2.69. The molecule has 2 rings (SSSR count). The number of nitrogens with two attached hydrogens (primary N) is 1. The molecule has 0 bridgehead atoms. The standard InChI is InChI=1S/C12H14N4/c1-9-2-3-11(13)12(6-9)15-7-10-4-5-14-8-16-10/h2-6,8,15H,7,13H2,1H3. The van der Waals surface area contributed by atoms with Crippen molar-refractivity contribution in [1.29, 1.82) is 0 Å². The van der Waals surface area contributed by atoms with Crippen LogP contribution in [0.3, 0.4) is 0 Å². The zero-order valence-electron chi connectivity index (χ0n) is 9.14. The Balaban J connectivity index is 2.08. The molecule has 0 amide bonds. The third kappa shape index (κ3) is 2.48. The van der Waals surface area contributed by atoms with E-state index in [1.54, 1.807) is 6.20 Å². The van der Waals surface area contributed by atoms with Crippen molar-refractivity contribution in [2.75, 3.05) is 11.1 Å². The van der Waals surface area contributed by atoms with E-state index in [9.17, 15) is 0 Å². The smallest absolute Gasteiger partial charge is 0.115 e. The van der Waals surface area contributed by atoms with Crippen LogP contribution in [-0.4, -0.2) is 9.97 Å². The van der Waals surface area contributed by atoms with E-state index in [1.807, 2.05) is 31.2 Å². The SMILES string of the molecule is Cc1ccc(N)c(NCc2ccncn2)c1. The maximum absolute atomic E-state index is 5.86. The van der Waals surface area contributed by atoms with Gasteiger partial charge in [-0.25, -0.2) is 9.97 Å². The summed E-state index contributed by atoms with van der Waals surface area (Å²) < 4.78 is 0. The maximum atomic E-state index is 5.86. The van der Waals surface area contributed by atoms with Gasteiger partial charge in [0, 0.05) is 6.20 Å². The number of benzene rings is 1. The molecule has 1 heterocycles. The van der Waals surface area contributed by atoms with Gasteiger partial charge < -0.3 is 11.1 Å². The van der Waals surface area contributed by atoms with Gasteiger partial charge in [-0.15, -0.1) is 0 Å². The maximum Gasteiger partial charge on any atom is 0.115 e. The number of rotatable bonds is 3. The molecule has 2 aromatic rings. The monoisotopic (exact) mass is 214 g/mol. The van der Waals surface area contributed by atoms with E-state index in [2.05, 4.69) is 15.3 Å². The van der Waals surface area contributed by atoms with Gasteiger partial charge in [0.2, 0.25) is 0 Å². The van der Waals surface area contributed by atoms with Gasteiger partial charge >= 0.3 is 0 Å². The number of aromatic nitrogens is 2. The fourth-order valence-corrected chi connectivity index (χ4v) is 1.43. The third-order valence-corrected chi connectivity index (χ3v) is 2.31. The van der Waals surface area contributed by atoms with E-state index in [0.29, 0.717) is 6.54 Å². The van der Waals surface area contributed by atoms with Crippen molar-refractivity contribution in [2.24, 2.45) is 0 Å². The molecule has 4 nitrogen and oxygen atoms in total. The summed E-state index contributed by atoms with van der Waals surface area (Å²) in [6, 6.07) is 7.79. The Morgan fingerprint density at radius 3 is 2.94 bits per heavy atom. The minimum atomic E-state index is 0.649. The number of hydrogen-bond acceptors (Lipinski definition) is 4. The first kappa shape index (κ1) is 10.4. The normalized spacial score (nSPS) is 10.1. The molecule has 0 saturated heterocycles. The molecule has 0 unspecified atom stereocenters. The van der Waals surface area contributed by atoms with E-state index in [0.717, 1.165) is 17.1 Å². The fourth-order valence-electron chi connectivity index (χ4n) is 1.43. The molecular formula is C12H14N4. The first-order chi connectivity index (χ1) is 7.75. The summed E-state index contributed by atoms with van der Waals surface area (Å²) in [5.74, 6) is 0. The third-order valence-electron chi connectivity index (χ3n) is 2.31. The predicted octanol–water partition coefficient (Wildman–Crippen LogP) is 1.98. The Morgan fingerprint density at radius 2 is 2.19 bits per heavy atom. The van der Waals surface area contributed by atoms with Gasteiger partial charge in [-0.1, -0.05) is 6.07 Å². The van der Waals surface area contributed by atoms with Crippen LogP contribution in [0.2, 0.25) is 0 Å². The Morgan fingerprint density at radius 1 is 1.31 bits per heavy atom. The lowest BCUT2D eigenvalue weighted by Crippen LogP contribution is -2.04. The summed E-state index contributed by atoms with van der Waals surface area (Å²) in [7, 11) is 0. The second-order valence-electron chi connectivity index (χ2n) is 3.64. The van der Waals surface area contributed by atoms with Crippen LogP contribution in [0.1, 0.15) is 11.3 Å². The summed E-state index contributed by atoms with van der Waals surface area (Å²) in [5.41, 5.74) is 9.67. The van der Waals surface area contributed by atoms with Crippen molar-refractivity contribution >= 4 is 11.4 Å². The molecule has 0 aliphatic rings. The van der Waals surface area contributed by atoms with Crippen molar-refractivity contribution in [3.63, 3.8) is 0 Å². The molecule has 0 aliphatic carbocycles. The molecule has 0 saturated carbocycles. The van der Waals surface area contributed by atoms with Crippen molar-refractivity contribution in [3.8, 4) is 0 Å². The molecule has 1 aromatic carbocycles. The van der Waals surface area contributed by atoms with Crippen LogP contribution in [0.15, 0.2) is 36.8 Å². The molecule has 0 aliphatic heterocycles. The number of anilines is 2. The highest BCUT2D eigenvalue weighted by atomic mass is 14.9. The van der Waals surface area contributed by atoms with Crippen molar-refractivity contribution in [2.45, 2.75) is 13.5 Å². The molecule has 0 spiro atoms. The van der Waals surface area contributed by atoms with E-state index < -0.39 is 0 Å². The van der Waals surface area contributed by atoms with Gasteiger partial charge in [-0.2, -0.15) is 0 Å². The van der Waals surface area contributed by atoms with Crippen LogP contribution < -0.4 is 11.1 Å². The van der Waals surface area contributed by atoms with Crippen LogP contribution in [0.4, 0.5) is 11.4 Å². The summed E-state index contributed by atoms with van der Waals surface area (Å²) >= 11 is 0. The van der Waals surface area contributed by atoms with E-state index in [4.69, 9.17) is 5.73 Å². The quantitative estimate of drug-likeness (QED) is 0.767. The molecular weight excluding hydrogens is 200 g/mol. The second kappa shape index (κ2) is 4.61. The van der Waals surface area contributed by atoms with Gasteiger partial charge in [0.25, 0.3) is 0 Å². The number of nitrogens with one attached hydrogen (secondary N) is 1. The van der Waals surface area contributed by atoms with Gasteiger partial charge in [0.15, 0.2) is 0 Å². The highest BCUT2D eigenvalue weighted by Gasteiger charge is 1.99. The van der Waals surface area contributed by atoms with Crippen molar-refractivity contribution in [3.05, 3.63) is 48.0 Å². The molecule has 0 radical (unpaired) electrons. The van der Waals surface area contributed by atoms with Gasteiger partial charge in [0.05, 0.1) is 23.6 Å². The number of nitrogens with zero attached hydrogens (tertiary/aromatic N) is 2. The van der Waals surface area contributed by atoms with Crippen LogP contribution in [-0.2, 0) is 6.54 Å². The average Bonchev–Trinajstić information content (AvgIpc) is 2.32. The minimum Gasteiger partial charge on any atom is -0.397 e. The van der Waals surface area contributed by atoms with E-state index in [1.165, 1.54) is 11.9 Å². The van der Waals surface area contributed by atoms with Crippen LogP contribution in [0.5, 0.6) is 0 Å². The fraction of sp³-hybridized carbons (Fsp3) is 0.167. The summed E-state index contributed by atoms with van der Waals surface area (Å²) in [6.07, 6.45) is 3.26. The van der Waals surface area contributed by atoms with Crippen LogP contribution >= 0.6 is 0 Å². The van der Waals surface area contributed by atoms with E-state index in [-0.39, 0.29) is 0 Å². The molecule has 0 atom stereocenters. The largest absolute Gasteiger partial charge is 0.397 e. The first-order valence-corrected chi connectivity index (χ1v) is 5.10. The molecule has 4 heteroatoms. The van der Waals surface area contributed by atoms with Gasteiger partial charge in [-0.05, 0) is 30.7 Å². The average molecular weight is 214 g/mol. The predicted molar refractivity (Wildman–Crippen MR) is 65.0 cm³/mol. The van der Waals surface area contributed by atoms with Crippen molar-refractivity contribution < 1.29 is 0 Å². The number of nitrogen functional groups attached to an aromatic ring is 1. The summed E-state index contributed by atoms with van der Waals surface area (Å²) in [5, 5.41) is 3.25. The number of hydrogen-bond donors (Lipinski definition) is 2. The lowest BCUT2D eigenvalue weighted by Gasteiger charge is -2.09.